The van der Waals surface area contributed by atoms with Gasteiger partial charge in [0, 0.05) is 37.9 Å². The van der Waals surface area contributed by atoms with E-state index in [2.05, 4.69) is 25.3 Å². The number of benzene rings is 2. The van der Waals surface area contributed by atoms with Crippen LogP contribution in [0.5, 0.6) is 5.75 Å². The number of carbonyl (C=O) groups excluding carboxylic acids is 2. The Morgan fingerprint density at radius 2 is 1.80 bits per heavy atom. The molecule has 0 spiro atoms. The van der Waals surface area contributed by atoms with Gasteiger partial charge < -0.3 is 9.64 Å². The summed E-state index contributed by atoms with van der Waals surface area (Å²) in [6.07, 6.45) is 1.28. The largest absolute Gasteiger partial charge is 0.497 e. The van der Waals surface area contributed by atoms with Crippen LogP contribution in [0.15, 0.2) is 54.6 Å². The minimum absolute atomic E-state index is 0.0462. The molecule has 40 heavy (non-hydrogen) atoms. The first-order valence-corrected chi connectivity index (χ1v) is 13.7. The first-order chi connectivity index (χ1) is 19.4. The summed E-state index contributed by atoms with van der Waals surface area (Å²) in [5.74, 6) is 0.0205. The van der Waals surface area contributed by atoms with E-state index in [0.717, 1.165) is 47.2 Å². The van der Waals surface area contributed by atoms with Crippen molar-refractivity contribution < 1.29 is 23.1 Å². The van der Waals surface area contributed by atoms with Crippen molar-refractivity contribution >= 4 is 28.7 Å². The topological polar surface area (TPSA) is 98.2 Å². The van der Waals surface area contributed by atoms with Gasteiger partial charge in [-0.1, -0.05) is 18.2 Å². The minimum atomic E-state index is -0.728. The van der Waals surface area contributed by atoms with Crippen molar-refractivity contribution in [3.8, 4) is 5.75 Å². The number of ketones is 2. The van der Waals surface area contributed by atoms with Crippen LogP contribution < -0.4 is 9.64 Å². The number of aromatic nitrogens is 4. The number of halogens is 2. The Morgan fingerprint density at radius 3 is 2.58 bits per heavy atom. The van der Waals surface area contributed by atoms with E-state index in [1.165, 1.54) is 17.4 Å². The van der Waals surface area contributed by atoms with Gasteiger partial charge in [-0.25, -0.2) is 8.78 Å². The third-order valence-corrected chi connectivity index (χ3v) is 7.80. The van der Waals surface area contributed by atoms with Crippen LogP contribution in [0.4, 0.5) is 14.6 Å². The lowest BCUT2D eigenvalue weighted by Crippen LogP contribution is -2.21. The summed E-state index contributed by atoms with van der Waals surface area (Å²) in [4.78, 5) is 27.1. The van der Waals surface area contributed by atoms with Gasteiger partial charge in [-0.15, -0.1) is 26.6 Å². The maximum absolute atomic E-state index is 13.9. The van der Waals surface area contributed by atoms with E-state index < -0.39 is 11.6 Å². The van der Waals surface area contributed by atoms with E-state index in [1.807, 2.05) is 36.4 Å². The van der Waals surface area contributed by atoms with E-state index in [9.17, 15) is 18.4 Å². The molecule has 0 radical (unpaired) electrons. The molecular weight excluding hydrogens is 536 g/mol. The third kappa shape index (κ3) is 6.90. The van der Waals surface area contributed by atoms with Gasteiger partial charge in [0.15, 0.2) is 5.82 Å². The van der Waals surface area contributed by atoms with Crippen LogP contribution in [0, 0.1) is 11.6 Å². The Labute approximate surface area is 234 Å². The van der Waals surface area contributed by atoms with Crippen LogP contribution in [0.2, 0.25) is 0 Å². The lowest BCUT2D eigenvalue weighted by atomic mass is 10.1. The Morgan fingerprint density at radius 1 is 0.950 bits per heavy atom. The fraction of sp³-hybridized carbons (Fsp3) is 0.310. The van der Waals surface area contributed by atoms with E-state index in [4.69, 9.17) is 4.74 Å². The lowest BCUT2D eigenvalue weighted by Gasteiger charge is -2.16. The Hall–Kier alpha value is -4.12. The van der Waals surface area contributed by atoms with Gasteiger partial charge in [0.05, 0.1) is 25.6 Å². The van der Waals surface area contributed by atoms with Crippen molar-refractivity contribution in [2.24, 2.45) is 0 Å². The minimum Gasteiger partial charge on any atom is -0.497 e. The van der Waals surface area contributed by atoms with Crippen molar-refractivity contribution in [3.63, 3.8) is 0 Å². The molecule has 3 heterocycles. The maximum Gasteiger partial charge on any atom is 0.151 e. The van der Waals surface area contributed by atoms with Crippen molar-refractivity contribution in [2.45, 2.75) is 38.0 Å². The van der Waals surface area contributed by atoms with Crippen LogP contribution in [0.3, 0.4) is 0 Å². The van der Waals surface area contributed by atoms with Crippen LogP contribution in [-0.4, -0.2) is 52.2 Å². The van der Waals surface area contributed by atoms with Gasteiger partial charge >= 0.3 is 0 Å². The molecule has 8 nitrogen and oxygen atoms in total. The van der Waals surface area contributed by atoms with Gasteiger partial charge in [-0.05, 0) is 47.9 Å². The Balaban J connectivity index is 1.12. The normalized spacial score (nSPS) is 14.9. The molecule has 2 aromatic carbocycles. The second kappa shape index (κ2) is 12.4. The third-order valence-electron chi connectivity index (χ3n) is 6.71. The second-order valence-electron chi connectivity index (χ2n) is 9.72. The number of carbonyl (C=O) groups is 2. The molecule has 4 aromatic rings. The number of anilines is 1. The molecule has 5 rings (SSSR count). The second-order valence-corrected chi connectivity index (χ2v) is 10.8. The molecule has 0 aliphatic carbocycles. The zero-order chi connectivity index (χ0) is 28.1. The van der Waals surface area contributed by atoms with Crippen molar-refractivity contribution in [1.82, 2.24) is 20.4 Å². The lowest BCUT2D eigenvalue weighted by molar-refractivity contribution is -0.118. The highest BCUT2D eigenvalue weighted by atomic mass is 32.1. The average molecular weight is 564 g/mol. The van der Waals surface area contributed by atoms with Crippen molar-refractivity contribution in [2.75, 3.05) is 25.1 Å². The van der Waals surface area contributed by atoms with E-state index in [1.54, 1.807) is 7.11 Å². The predicted octanol–water partition coefficient (Wildman–Crippen LogP) is 4.32. The highest BCUT2D eigenvalue weighted by molar-refractivity contribution is 7.11. The highest BCUT2D eigenvalue weighted by Crippen LogP contribution is 2.31. The molecule has 1 unspecified atom stereocenters. The van der Waals surface area contributed by atoms with Crippen LogP contribution >= 0.6 is 11.3 Å². The van der Waals surface area contributed by atoms with Gasteiger partial charge in [0.25, 0.3) is 0 Å². The van der Waals surface area contributed by atoms with Crippen molar-refractivity contribution in [1.29, 1.82) is 0 Å². The predicted molar refractivity (Wildman–Crippen MR) is 146 cm³/mol. The summed E-state index contributed by atoms with van der Waals surface area (Å²) in [6, 6.07) is 14.4. The van der Waals surface area contributed by atoms with E-state index >= 15 is 0 Å². The molecule has 1 saturated heterocycles. The highest BCUT2D eigenvalue weighted by Gasteiger charge is 2.28. The Bertz CT molecular complexity index is 1510. The zero-order valence-corrected chi connectivity index (χ0v) is 22.7. The monoisotopic (exact) mass is 563 g/mol. The standard InChI is InChI=1S/C29H27F2N5O3S/c1-39-25-4-2-3-18(12-25)11-23(37)15-22-7-8-27(33-32-22)36-10-9-20(17-36)29-35-34-28(40-29)16-24(38)13-19-5-6-21(30)14-26(19)31/h2-8,12,14,20H,9-11,13,15-17H2,1H3. The van der Waals surface area contributed by atoms with Gasteiger partial charge in [-0.3, -0.25) is 9.59 Å². The number of rotatable bonds is 11. The van der Waals surface area contributed by atoms with Crippen LogP contribution in [0.25, 0.3) is 0 Å². The van der Waals surface area contributed by atoms with E-state index in [0.29, 0.717) is 23.7 Å². The van der Waals surface area contributed by atoms with Crippen LogP contribution in [-0.2, 0) is 35.3 Å². The number of ether oxygens (including phenoxy) is 1. The fourth-order valence-electron chi connectivity index (χ4n) is 4.67. The van der Waals surface area contributed by atoms with Gasteiger partial charge in [-0.2, -0.15) is 5.10 Å². The number of hydrogen-bond donors (Lipinski definition) is 0. The summed E-state index contributed by atoms with van der Waals surface area (Å²) in [5, 5.41) is 18.5. The maximum atomic E-state index is 13.9. The Kier molecular flexibility index (Phi) is 8.49. The molecule has 1 atom stereocenters. The molecular formula is C29H27F2N5O3S. The van der Waals surface area contributed by atoms with Crippen molar-refractivity contribution in [3.05, 3.63) is 93.1 Å². The zero-order valence-electron chi connectivity index (χ0n) is 21.8. The fourth-order valence-corrected chi connectivity index (χ4v) is 5.67. The summed E-state index contributed by atoms with van der Waals surface area (Å²) in [6.45, 7) is 1.46. The summed E-state index contributed by atoms with van der Waals surface area (Å²) in [5.41, 5.74) is 1.67. The van der Waals surface area contributed by atoms with Crippen LogP contribution in [0.1, 0.15) is 39.2 Å². The number of Topliss-reactive ketones (excluding diaryl/α,β-unsaturated/α-hetero) is 2. The first kappa shape index (κ1) is 27.4. The molecule has 11 heteroatoms. The molecule has 206 valence electrons. The quantitative estimate of drug-likeness (QED) is 0.266. The molecule has 1 aliphatic rings. The van der Waals surface area contributed by atoms with E-state index in [-0.39, 0.29) is 42.3 Å². The smallest absolute Gasteiger partial charge is 0.151 e. The SMILES string of the molecule is COc1cccc(CC(=O)Cc2ccc(N3CCC(c4nnc(CC(=O)Cc5ccc(F)cc5F)s4)C3)nn2)c1. The van der Waals surface area contributed by atoms with Gasteiger partial charge in [0.2, 0.25) is 0 Å². The van der Waals surface area contributed by atoms with Gasteiger partial charge in [0.1, 0.15) is 39.0 Å². The summed E-state index contributed by atoms with van der Waals surface area (Å²) < 4.78 is 32.2. The first-order valence-electron chi connectivity index (χ1n) is 12.9. The molecule has 0 bridgehead atoms. The summed E-state index contributed by atoms with van der Waals surface area (Å²) >= 11 is 1.38. The number of nitrogens with zero attached hydrogens (tertiary/aromatic N) is 5. The number of methoxy groups -OCH3 is 1. The molecule has 0 saturated carbocycles. The molecule has 1 fully saturated rings. The molecule has 1 aliphatic heterocycles. The number of hydrogen-bond acceptors (Lipinski definition) is 9. The molecule has 0 amide bonds. The summed E-state index contributed by atoms with van der Waals surface area (Å²) in [7, 11) is 1.60. The molecule has 2 aromatic heterocycles. The molecule has 0 N–H and O–H groups in total. The average Bonchev–Trinajstić information content (AvgIpc) is 3.61.